The van der Waals surface area contributed by atoms with Crippen molar-refractivity contribution in [2.24, 2.45) is 0 Å². The molecule has 2 fully saturated rings. The van der Waals surface area contributed by atoms with Gasteiger partial charge in [-0.2, -0.15) is 5.26 Å². The number of nitriles is 1. The summed E-state index contributed by atoms with van der Waals surface area (Å²) in [6.07, 6.45) is 4.81. The van der Waals surface area contributed by atoms with Gasteiger partial charge in [0.15, 0.2) is 0 Å². The van der Waals surface area contributed by atoms with Gasteiger partial charge in [0.2, 0.25) is 0 Å². The number of rotatable bonds is 6. The Morgan fingerprint density at radius 3 is 2.58 bits per heavy atom. The minimum absolute atomic E-state index is 0.0432. The van der Waals surface area contributed by atoms with Crippen LogP contribution >= 0.6 is 0 Å². The highest BCUT2D eigenvalue weighted by atomic mass is 16.5. The van der Waals surface area contributed by atoms with E-state index in [4.69, 9.17) is 9.72 Å². The molecule has 2 aliphatic rings. The van der Waals surface area contributed by atoms with Gasteiger partial charge in [-0.15, -0.1) is 0 Å². The number of para-hydroxylation sites is 1. The quantitative estimate of drug-likeness (QED) is 0.423. The Morgan fingerprint density at radius 2 is 1.86 bits per heavy atom. The van der Waals surface area contributed by atoms with Crippen LogP contribution in [-0.2, 0) is 9.53 Å². The number of carbonyl (C=O) groups excluding carboxylic acids is 1. The smallest absolute Gasteiger partial charge is 0.267 e. The Bertz CT molecular complexity index is 1360. The van der Waals surface area contributed by atoms with Crippen LogP contribution in [0.15, 0.2) is 65.1 Å². The van der Waals surface area contributed by atoms with E-state index >= 15 is 0 Å². The molecule has 2 aliphatic heterocycles. The zero-order valence-electron chi connectivity index (χ0n) is 20.0. The number of hydrogen-bond acceptors (Lipinski definition) is 7. The van der Waals surface area contributed by atoms with Crippen molar-refractivity contribution in [3.05, 3.63) is 76.2 Å². The van der Waals surface area contributed by atoms with Crippen molar-refractivity contribution >= 4 is 29.1 Å². The molecule has 9 heteroatoms. The number of amides is 1. The molecule has 3 aromatic rings. The third-order valence-electron chi connectivity index (χ3n) is 6.62. The van der Waals surface area contributed by atoms with Gasteiger partial charge >= 0.3 is 0 Å². The fourth-order valence-corrected chi connectivity index (χ4v) is 4.67. The van der Waals surface area contributed by atoms with Crippen molar-refractivity contribution in [2.45, 2.75) is 18.9 Å². The molecule has 0 bridgehead atoms. The maximum absolute atomic E-state index is 13.5. The second-order valence-electron chi connectivity index (χ2n) is 8.91. The second-order valence-corrected chi connectivity index (χ2v) is 8.91. The number of ether oxygens (including phenoxy) is 1. The first kappa shape index (κ1) is 23.6. The van der Waals surface area contributed by atoms with Crippen LogP contribution in [0.4, 0.5) is 11.5 Å². The van der Waals surface area contributed by atoms with Crippen LogP contribution in [-0.4, -0.2) is 60.7 Å². The Kier molecular flexibility index (Phi) is 6.96. The summed E-state index contributed by atoms with van der Waals surface area (Å²) >= 11 is 0. The molecule has 5 rings (SSSR count). The summed E-state index contributed by atoms with van der Waals surface area (Å²) in [7, 11) is 0. The van der Waals surface area contributed by atoms with Gasteiger partial charge in [0.1, 0.15) is 23.1 Å². The van der Waals surface area contributed by atoms with Gasteiger partial charge < -0.3 is 19.9 Å². The maximum Gasteiger partial charge on any atom is 0.267 e. The number of pyridine rings is 1. The number of nitrogens with one attached hydrogen (secondary N) is 1. The average Bonchev–Trinajstić information content (AvgIpc) is 3.46. The first-order chi connectivity index (χ1) is 17.6. The molecule has 2 aromatic heterocycles. The molecule has 184 valence electrons. The van der Waals surface area contributed by atoms with E-state index in [2.05, 4.69) is 27.2 Å². The van der Waals surface area contributed by atoms with Crippen LogP contribution in [0, 0.1) is 11.3 Å². The van der Waals surface area contributed by atoms with Crippen LogP contribution in [0.3, 0.4) is 0 Å². The third kappa shape index (κ3) is 4.95. The average molecular weight is 485 g/mol. The topological polar surface area (TPSA) is 103 Å². The predicted molar refractivity (Wildman–Crippen MR) is 138 cm³/mol. The highest BCUT2D eigenvalue weighted by Crippen LogP contribution is 2.23. The molecule has 1 atom stereocenters. The zero-order chi connectivity index (χ0) is 24.9. The zero-order valence-corrected chi connectivity index (χ0v) is 20.0. The summed E-state index contributed by atoms with van der Waals surface area (Å²) in [5.74, 6) is -0.0380. The molecule has 0 aliphatic carbocycles. The van der Waals surface area contributed by atoms with Crippen LogP contribution < -0.4 is 20.7 Å². The van der Waals surface area contributed by atoms with Crippen LogP contribution in [0.25, 0.3) is 11.7 Å². The molecular formula is C27H28N6O3. The number of anilines is 2. The molecule has 1 aromatic carbocycles. The Labute approximate surface area is 209 Å². The second kappa shape index (κ2) is 10.6. The number of carbonyl (C=O) groups is 1. The monoisotopic (exact) mass is 484 g/mol. The van der Waals surface area contributed by atoms with Crippen LogP contribution in [0.2, 0.25) is 0 Å². The molecule has 0 saturated carbocycles. The Balaban J connectivity index is 1.45. The van der Waals surface area contributed by atoms with Crippen molar-refractivity contribution in [3.63, 3.8) is 0 Å². The Morgan fingerprint density at radius 1 is 1.11 bits per heavy atom. The van der Waals surface area contributed by atoms with Crippen molar-refractivity contribution in [2.75, 3.05) is 49.1 Å². The summed E-state index contributed by atoms with van der Waals surface area (Å²) in [5.41, 5.74) is 1.45. The molecule has 0 radical (unpaired) electrons. The number of hydrogen-bond donors (Lipinski definition) is 1. The lowest BCUT2D eigenvalue weighted by atomic mass is 10.1. The summed E-state index contributed by atoms with van der Waals surface area (Å²) < 4.78 is 6.99. The minimum Gasteiger partial charge on any atom is -0.376 e. The number of piperazine rings is 1. The lowest BCUT2D eigenvalue weighted by Crippen LogP contribution is -2.47. The van der Waals surface area contributed by atoms with Crippen molar-refractivity contribution in [1.29, 1.82) is 5.26 Å². The van der Waals surface area contributed by atoms with E-state index in [1.54, 1.807) is 18.3 Å². The molecular weight excluding hydrogens is 456 g/mol. The highest BCUT2D eigenvalue weighted by molar-refractivity contribution is 6.02. The van der Waals surface area contributed by atoms with E-state index in [1.807, 2.05) is 30.3 Å². The molecule has 1 amide bonds. The van der Waals surface area contributed by atoms with E-state index in [0.29, 0.717) is 37.7 Å². The Hall–Kier alpha value is -4.16. The summed E-state index contributed by atoms with van der Waals surface area (Å²) in [5, 5.41) is 12.5. The van der Waals surface area contributed by atoms with Gasteiger partial charge in [0, 0.05) is 51.2 Å². The predicted octanol–water partition coefficient (Wildman–Crippen LogP) is 2.22. The van der Waals surface area contributed by atoms with Crippen molar-refractivity contribution in [1.82, 2.24) is 14.7 Å². The van der Waals surface area contributed by atoms with Gasteiger partial charge in [0.05, 0.1) is 11.7 Å². The SMILES string of the molecule is N#C/C(=C\c1c(N2CCN(c3ccccc3)CC2)nc2ccccn2c1=O)C(=O)NCC1CCCO1. The van der Waals surface area contributed by atoms with E-state index in [0.717, 1.165) is 31.6 Å². The van der Waals surface area contributed by atoms with Crippen LogP contribution in [0.5, 0.6) is 0 Å². The first-order valence-corrected chi connectivity index (χ1v) is 12.2. The third-order valence-corrected chi connectivity index (χ3v) is 6.62. The lowest BCUT2D eigenvalue weighted by Gasteiger charge is -2.37. The molecule has 0 spiro atoms. The van der Waals surface area contributed by atoms with E-state index in [1.165, 1.54) is 10.5 Å². The van der Waals surface area contributed by atoms with Crippen molar-refractivity contribution < 1.29 is 9.53 Å². The molecule has 1 N–H and O–H groups in total. The van der Waals surface area contributed by atoms with Gasteiger partial charge in [-0.1, -0.05) is 24.3 Å². The van der Waals surface area contributed by atoms with Crippen molar-refractivity contribution in [3.8, 4) is 6.07 Å². The minimum atomic E-state index is -0.523. The standard InChI is InChI=1S/C27H28N6O3/c28-18-20(26(34)29-19-22-9-6-16-36-22)17-23-25(30-24-10-4-5-11-33(24)27(23)35)32-14-12-31(13-15-32)21-7-2-1-3-8-21/h1-5,7-8,10-11,17,22H,6,9,12-16,19H2,(H,29,34)/b20-17+. The first-order valence-electron chi connectivity index (χ1n) is 12.2. The summed E-state index contributed by atoms with van der Waals surface area (Å²) in [6, 6.07) is 17.5. The molecule has 1 unspecified atom stereocenters. The van der Waals surface area contributed by atoms with Gasteiger partial charge in [-0.3, -0.25) is 14.0 Å². The fourth-order valence-electron chi connectivity index (χ4n) is 4.67. The molecule has 4 heterocycles. The molecule has 2 saturated heterocycles. The van der Waals surface area contributed by atoms with Crippen LogP contribution in [0.1, 0.15) is 18.4 Å². The lowest BCUT2D eigenvalue weighted by molar-refractivity contribution is -0.117. The number of aromatic nitrogens is 2. The van der Waals surface area contributed by atoms with Gasteiger partial charge in [-0.25, -0.2) is 4.98 Å². The maximum atomic E-state index is 13.5. The van der Waals surface area contributed by atoms with E-state index in [9.17, 15) is 14.9 Å². The highest BCUT2D eigenvalue weighted by Gasteiger charge is 2.24. The number of nitrogens with zero attached hydrogens (tertiary/aromatic N) is 5. The van der Waals surface area contributed by atoms with E-state index < -0.39 is 5.91 Å². The molecule has 36 heavy (non-hydrogen) atoms. The summed E-state index contributed by atoms with van der Waals surface area (Å²) in [6.45, 7) is 3.84. The van der Waals surface area contributed by atoms with Gasteiger partial charge in [0.25, 0.3) is 11.5 Å². The normalized spacial score (nSPS) is 18.3. The summed E-state index contributed by atoms with van der Waals surface area (Å²) in [4.78, 5) is 35.4. The molecule has 9 nitrogen and oxygen atoms in total. The van der Waals surface area contributed by atoms with E-state index in [-0.39, 0.29) is 22.8 Å². The fraction of sp³-hybridized carbons (Fsp3) is 0.333. The number of fused-ring (bicyclic) bond motifs is 1. The number of benzene rings is 1. The largest absolute Gasteiger partial charge is 0.376 e. The van der Waals surface area contributed by atoms with Gasteiger partial charge in [-0.05, 0) is 43.2 Å².